The van der Waals surface area contributed by atoms with Crippen molar-refractivity contribution in [3.63, 3.8) is 0 Å². The van der Waals surface area contributed by atoms with E-state index in [4.69, 9.17) is 11.6 Å². The number of amides is 1. The standard InChI is InChI=1S/C11H14ClNOS/c12-10-6-5-9(15-10)7-13-11(14)8-3-1-2-4-8/h5-6,8H,1-4,7H2,(H,13,14). The third-order valence-electron chi connectivity index (χ3n) is 2.79. The molecule has 4 heteroatoms. The van der Waals surface area contributed by atoms with Gasteiger partial charge in [-0.3, -0.25) is 4.79 Å². The minimum absolute atomic E-state index is 0.206. The van der Waals surface area contributed by atoms with Crippen molar-refractivity contribution in [2.45, 2.75) is 32.2 Å². The van der Waals surface area contributed by atoms with Crippen LogP contribution in [-0.2, 0) is 11.3 Å². The first-order chi connectivity index (χ1) is 7.25. The van der Waals surface area contributed by atoms with Crippen LogP contribution in [-0.4, -0.2) is 5.91 Å². The number of carbonyl (C=O) groups excluding carboxylic acids is 1. The lowest BCUT2D eigenvalue weighted by Gasteiger charge is -2.08. The number of rotatable bonds is 3. The fraction of sp³-hybridized carbons (Fsp3) is 0.545. The molecule has 1 aromatic heterocycles. The summed E-state index contributed by atoms with van der Waals surface area (Å²) in [5, 5.41) is 2.97. The van der Waals surface area contributed by atoms with E-state index in [0.29, 0.717) is 6.54 Å². The molecule has 0 aliphatic heterocycles. The third kappa shape index (κ3) is 2.95. The minimum atomic E-state index is 0.206. The fourth-order valence-corrected chi connectivity index (χ4v) is 2.98. The van der Waals surface area contributed by atoms with Crippen molar-refractivity contribution in [3.05, 3.63) is 21.3 Å². The van der Waals surface area contributed by atoms with Crippen molar-refractivity contribution in [3.8, 4) is 0 Å². The first kappa shape index (κ1) is 11.0. The molecule has 0 atom stereocenters. The number of thiophene rings is 1. The molecule has 1 amide bonds. The lowest BCUT2D eigenvalue weighted by atomic mass is 10.1. The van der Waals surface area contributed by atoms with E-state index in [1.54, 1.807) is 0 Å². The summed E-state index contributed by atoms with van der Waals surface area (Å²) < 4.78 is 0.778. The van der Waals surface area contributed by atoms with Crippen LogP contribution >= 0.6 is 22.9 Å². The van der Waals surface area contributed by atoms with Gasteiger partial charge in [0.25, 0.3) is 0 Å². The molecule has 1 aromatic rings. The Hall–Kier alpha value is -0.540. The Kier molecular flexibility index (Phi) is 3.65. The lowest BCUT2D eigenvalue weighted by Crippen LogP contribution is -2.28. The molecule has 0 spiro atoms. The number of hydrogen-bond acceptors (Lipinski definition) is 2. The summed E-state index contributed by atoms with van der Waals surface area (Å²) in [6.45, 7) is 0.618. The van der Waals surface area contributed by atoms with Gasteiger partial charge in [0.1, 0.15) is 0 Å². The lowest BCUT2D eigenvalue weighted by molar-refractivity contribution is -0.124. The highest BCUT2D eigenvalue weighted by atomic mass is 35.5. The Bertz CT molecular complexity index is 344. The second-order valence-electron chi connectivity index (χ2n) is 3.91. The van der Waals surface area contributed by atoms with E-state index in [0.717, 1.165) is 22.1 Å². The zero-order chi connectivity index (χ0) is 10.7. The largest absolute Gasteiger partial charge is 0.351 e. The van der Waals surface area contributed by atoms with Crippen molar-refractivity contribution < 1.29 is 4.79 Å². The molecule has 1 N–H and O–H groups in total. The van der Waals surface area contributed by atoms with E-state index in [1.807, 2.05) is 12.1 Å². The van der Waals surface area contributed by atoms with Crippen molar-refractivity contribution in [2.75, 3.05) is 0 Å². The smallest absolute Gasteiger partial charge is 0.223 e. The van der Waals surface area contributed by atoms with Gasteiger partial charge in [-0.05, 0) is 25.0 Å². The van der Waals surface area contributed by atoms with Crippen molar-refractivity contribution in [1.82, 2.24) is 5.32 Å². The molecule has 0 unspecified atom stereocenters. The van der Waals surface area contributed by atoms with E-state index >= 15 is 0 Å². The van der Waals surface area contributed by atoms with Gasteiger partial charge in [-0.15, -0.1) is 11.3 Å². The molecule has 2 nitrogen and oxygen atoms in total. The Morgan fingerprint density at radius 1 is 1.47 bits per heavy atom. The van der Waals surface area contributed by atoms with Crippen LogP contribution in [0.1, 0.15) is 30.6 Å². The maximum absolute atomic E-state index is 11.7. The number of hydrogen-bond donors (Lipinski definition) is 1. The van der Waals surface area contributed by atoms with Crippen LogP contribution in [0.3, 0.4) is 0 Å². The van der Waals surface area contributed by atoms with Crippen LogP contribution < -0.4 is 5.32 Å². The molecule has 0 aromatic carbocycles. The monoisotopic (exact) mass is 243 g/mol. The summed E-state index contributed by atoms with van der Waals surface area (Å²) in [5.41, 5.74) is 0. The molecule has 1 saturated carbocycles. The van der Waals surface area contributed by atoms with Crippen molar-refractivity contribution in [1.29, 1.82) is 0 Å². The normalized spacial score (nSPS) is 16.9. The molecule has 0 bridgehead atoms. The highest BCUT2D eigenvalue weighted by Gasteiger charge is 2.22. The predicted molar refractivity (Wildman–Crippen MR) is 63.1 cm³/mol. The maximum Gasteiger partial charge on any atom is 0.223 e. The predicted octanol–water partition coefficient (Wildman–Crippen LogP) is 3.21. The highest BCUT2D eigenvalue weighted by Crippen LogP contribution is 2.25. The number of halogens is 1. The van der Waals surface area contributed by atoms with Gasteiger partial charge in [0.05, 0.1) is 10.9 Å². The molecule has 0 radical (unpaired) electrons. The van der Waals surface area contributed by atoms with Crippen LogP contribution in [0.5, 0.6) is 0 Å². The fourth-order valence-electron chi connectivity index (χ4n) is 1.95. The number of nitrogens with one attached hydrogen (secondary N) is 1. The van der Waals surface area contributed by atoms with E-state index in [2.05, 4.69) is 5.32 Å². The van der Waals surface area contributed by atoms with E-state index < -0.39 is 0 Å². The molecule has 82 valence electrons. The van der Waals surface area contributed by atoms with Crippen molar-refractivity contribution in [2.24, 2.45) is 5.92 Å². The molecule has 0 saturated heterocycles. The Labute approximate surface area is 98.6 Å². The Balaban J connectivity index is 1.80. The summed E-state index contributed by atoms with van der Waals surface area (Å²) in [6.07, 6.45) is 4.50. The van der Waals surface area contributed by atoms with E-state index in [9.17, 15) is 4.79 Å². The van der Waals surface area contributed by atoms with Gasteiger partial charge in [-0.1, -0.05) is 24.4 Å². The molecular formula is C11H14ClNOS. The molecule has 15 heavy (non-hydrogen) atoms. The van der Waals surface area contributed by atoms with Crippen molar-refractivity contribution >= 4 is 28.8 Å². The third-order valence-corrected chi connectivity index (χ3v) is 4.02. The summed E-state index contributed by atoms with van der Waals surface area (Å²) in [4.78, 5) is 12.8. The average Bonchev–Trinajstić information content (AvgIpc) is 2.84. The van der Waals surface area contributed by atoms with E-state index in [1.165, 1.54) is 24.2 Å². The van der Waals surface area contributed by atoms with Gasteiger partial charge in [0.15, 0.2) is 0 Å². The van der Waals surface area contributed by atoms with Crippen LogP contribution in [0.25, 0.3) is 0 Å². The average molecular weight is 244 g/mol. The zero-order valence-corrected chi connectivity index (χ0v) is 10.0. The first-order valence-corrected chi connectivity index (χ1v) is 6.47. The van der Waals surface area contributed by atoms with Gasteiger partial charge >= 0.3 is 0 Å². The molecular weight excluding hydrogens is 230 g/mol. The minimum Gasteiger partial charge on any atom is -0.351 e. The summed E-state index contributed by atoms with van der Waals surface area (Å²) >= 11 is 7.33. The second kappa shape index (κ2) is 4.99. The Morgan fingerprint density at radius 3 is 2.80 bits per heavy atom. The van der Waals surface area contributed by atoms with Gasteiger partial charge in [-0.2, -0.15) is 0 Å². The summed E-state index contributed by atoms with van der Waals surface area (Å²) in [5.74, 6) is 0.456. The SMILES string of the molecule is O=C(NCc1ccc(Cl)s1)C1CCCC1. The highest BCUT2D eigenvalue weighted by molar-refractivity contribution is 7.16. The van der Waals surface area contributed by atoms with Gasteiger partial charge in [0.2, 0.25) is 5.91 Å². The Morgan fingerprint density at radius 2 is 2.20 bits per heavy atom. The second-order valence-corrected chi connectivity index (χ2v) is 5.70. The van der Waals surface area contributed by atoms with Crippen LogP contribution in [0.2, 0.25) is 4.34 Å². The summed E-state index contributed by atoms with van der Waals surface area (Å²) in [6, 6.07) is 3.82. The van der Waals surface area contributed by atoms with Gasteiger partial charge < -0.3 is 5.32 Å². The van der Waals surface area contributed by atoms with Crippen LogP contribution in [0, 0.1) is 5.92 Å². The quantitative estimate of drug-likeness (QED) is 0.868. The molecule has 1 fully saturated rings. The maximum atomic E-state index is 11.7. The molecule has 1 aliphatic rings. The molecule has 1 aliphatic carbocycles. The molecule has 1 heterocycles. The summed E-state index contributed by atoms with van der Waals surface area (Å²) in [7, 11) is 0. The molecule has 2 rings (SSSR count). The first-order valence-electron chi connectivity index (χ1n) is 5.27. The van der Waals surface area contributed by atoms with Crippen LogP contribution in [0.15, 0.2) is 12.1 Å². The zero-order valence-electron chi connectivity index (χ0n) is 8.46. The van der Waals surface area contributed by atoms with Gasteiger partial charge in [-0.25, -0.2) is 0 Å². The van der Waals surface area contributed by atoms with Crippen LogP contribution in [0.4, 0.5) is 0 Å². The van der Waals surface area contributed by atoms with Gasteiger partial charge in [0, 0.05) is 10.8 Å². The number of carbonyl (C=O) groups is 1. The van der Waals surface area contributed by atoms with E-state index in [-0.39, 0.29) is 11.8 Å². The topological polar surface area (TPSA) is 29.1 Å².